The number of carbonyl (C=O) groups excluding carboxylic acids is 2. The molecule has 0 radical (unpaired) electrons. The van der Waals surface area contributed by atoms with E-state index in [0.717, 1.165) is 74.4 Å². The maximum atomic E-state index is 13.7. The zero-order chi connectivity index (χ0) is 66.3. The number of rotatable bonds is 7. The van der Waals surface area contributed by atoms with Crippen LogP contribution in [0.2, 0.25) is 0 Å². The quantitative estimate of drug-likeness (QED) is 0.116. The average Bonchev–Trinajstić information content (AvgIpc) is 1.64. The molecule has 0 atom stereocenters. The van der Waals surface area contributed by atoms with Crippen LogP contribution in [0.15, 0.2) is 121 Å². The molecule has 27 heteroatoms. The van der Waals surface area contributed by atoms with Gasteiger partial charge in [0.15, 0.2) is 0 Å². The SMILES string of the molecule is CC1(C)OB(B2OC(C)(C)C(C)(C)O2)OC1(C)C.Cc1cc2scnc2cc1-c1ccc(C(=O)Nc2c(F)cccc2F)[se]1.Cc1cc2scnc2cc1B1OC(C)(C)C(C)(C)O1.Cc1cc2scnc2cc1Br.O=C(Nc1c(F)cccc1F)c1ccc(Br)[se]1. The minimum absolute atomic E-state index is 0.133. The first kappa shape index (κ1) is 70.7. The van der Waals surface area contributed by atoms with Crippen LogP contribution in [-0.4, -0.2) is 111 Å². The Bertz CT molecular complexity index is 4160. The zero-order valence-corrected chi connectivity index (χ0v) is 61.7. The molecule has 0 spiro atoms. The van der Waals surface area contributed by atoms with Gasteiger partial charge in [0, 0.05) is 4.47 Å². The van der Waals surface area contributed by atoms with Gasteiger partial charge < -0.3 is 27.9 Å². The fraction of sp³-hybridized carbons (Fsp3) is 0.328. The molecule has 13 nitrogen and oxygen atoms in total. The fourth-order valence-corrected chi connectivity index (χ4v) is 16.1. The third-order valence-electron chi connectivity index (χ3n) is 16.6. The Morgan fingerprint density at radius 3 is 1.27 bits per heavy atom. The second-order valence-corrected chi connectivity index (χ2v) is 34.7. The predicted molar refractivity (Wildman–Crippen MR) is 371 cm³/mol. The number of hydrogen-bond donors (Lipinski definition) is 2. The molecule has 3 aliphatic heterocycles. The van der Waals surface area contributed by atoms with Gasteiger partial charge in [0.2, 0.25) is 0 Å². The zero-order valence-electron chi connectivity index (χ0n) is 52.6. The number of hydrogen-bond acceptors (Lipinski definition) is 14. The summed E-state index contributed by atoms with van der Waals surface area (Å²) >= 11 is 11.3. The number of aryl methyl sites for hydroxylation is 3. The van der Waals surface area contributed by atoms with Crippen molar-refractivity contribution in [2.75, 3.05) is 10.6 Å². The van der Waals surface area contributed by atoms with Crippen molar-refractivity contribution in [2.24, 2.45) is 0 Å². The van der Waals surface area contributed by atoms with E-state index in [2.05, 4.69) is 129 Å². The molecule has 10 aromatic rings. The molecule has 2 N–H and O–H groups in total. The summed E-state index contributed by atoms with van der Waals surface area (Å²) in [6.07, 6.45) is 0. The second-order valence-electron chi connectivity index (χ2n) is 24.6. The molecular formula is C64H66B3Br2F4N5O8S3Se2. The Hall–Kier alpha value is -4.66. The molecule has 3 saturated heterocycles. The first-order valence-electron chi connectivity index (χ1n) is 28.7. The third kappa shape index (κ3) is 16.0. The number of aromatic nitrogens is 3. The standard InChI is InChI=1S/C19H12F2N2OSSe.C14H18BNO2S.C12H24B2O4.C11H6BrF2NOSe.C8H6BrNS/c1-10-7-15-14(22-9-25-15)8-11(10)16-5-6-17(26-16)19(24)23-18-12(20)3-2-4-13(18)21;1-9-6-12-11(16-8-19-12)7-10(9)15-17-13(2,3)14(4,5)18-15;1-9(2)10(3,4)16-13(15-9)14-17-11(5,6)12(7,8)18-14;12-9-5-4-8(17-9)11(16)15-10-6(13)2-1-3-7(10)14;1-5-2-8-7(3-6(5)9)10-4-11-8/h2-9H,1H3,(H,23,24);6-8H,1-5H3;1-8H3;1-5H,(H,15,16);2-4H,1H3. The summed E-state index contributed by atoms with van der Waals surface area (Å²) in [5.74, 6) is -4.09. The Kier molecular flexibility index (Phi) is 21.7. The molecular weight excluding hydrogens is 1490 g/mol. The number of halogens is 6. The summed E-state index contributed by atoms with van der Waals surface area (Å²) in [6, 6.07) is 26.5. The van der Waals surface area contributed by atoms with Gasteiger partial charge in [-0.2, -0.15) is 0 Å². The van der Waals surface area contributed by atoms with Crippen molar-refractivity contribution in [3.63, 3.8) is 0 Å². The van der Waals surface area contributed by atoms with Crippen LogP contribution in [0.1, 0.15) is 118 Å². The van der Waals surface area contributed by atoms with Gasteiger partial charge in [-0.05, 0) is 138 Å². The number of fused-ring (bicyclic) bond motifs is 3. The van der Waals surface area contributed by atoms with Gasteiger partial charge in [-0.3, -0.25) is 0 Å². The summed E-state index contributed by atoms with van der Waals surface area (Å²) in [7, 11) is -1.26. The molecule has 0 unspecified atom stereocenters. The molecule has 2 amide bonds. The number of nitrogens with one attached hydrogen (secondary N) is 2. The molecule has 5 aromatic heterocycles. The monoisotopic (exact) mass is 1560 g/mol. The summed E-state index contributed by atoms with van der Waals surface area (Å²) in [4.78, 5) is 37.0. The fourth-order valence-electron chi connectivity index (χ4n) is 9.12. The number of nitrogens with zero attached hydrogens (tertiary/aromatic N) is 3. The summed E-state index contributed by atoms with van der Waals surface area (Å²) in [5, 5.41) is 4.59. The molecule has 8 heterocycles. The normalized spacial score (nSPS) is 17.1. The van der Waals surface area contributed by atoms with Crippen molar-refractivity contribution < 1.29 is 55.1 Å². The van der Waals surface area contributed by atoms with Crippen molar-refractivity contribution in [1.29, 1.82) is 0 Å². The number of anilines is 2. The Morgan fingerprint density at radius 2 is 0.846 bits per heavy atom. The van der Waals surface area contributed by atoms with E-state index in [4.69, 9.17) is 27.9 Å². The van der Waals surface area contributed by atoms with E-state index in [9.17, 15) is 27.2 Å². The first-order chi connectivity index (χ1) is 42.6. The molecule has 0 bridgehead atoms. The van der Waals surface area contributed by atoms with Crippen LogP contribution in [-0.2, 0) is 27.9 Å². The van der Waals surface area contributed by atoms with Gasteiger partial charge in [-0.25, -0.2) is 9.97 Å². The van der Waals surface area contributed by atoms with Crippen molar-refractivity contribution in [3.8, 4) is 10.0 Å². The number of amides is 2. The third-order valence-corrected chi connectivity index (χ3v) is 25.1. The molecule has 13 rings (SSSR count). The Morgan fingerprint density at radius 1 is 0.473 bits per heavy atom. The van der Waals surface area contributed by atoms with Crippen molar-refractivity contribution in [2.45, 2.75) is 137 Å². The number of thiazole rings is 3. The molecule has 3 aliphatic rings. The topological polar surface area (TPSA) is 152 Å². The van der Waals surface area contributed by atoms with Crippen LogP contribution < -0.4 is 16.1 Å². The molecule has 3 fully saturated rings. The predicted octanol–water partition coefficient (Wildman–Crippen LogP) is 16.4. The van der Waals surface area contributed by atoms with Crippen LogP contribution in [0.25, 0.3) is 40.7 Å². The molecule has 5 aromatic carbocycles. The average molecular weight is 1560 g/mol. The van der Waals surface area contributed by atoms with Crippen molar-refractivity contribution in [1.82, 2.24) is 15.0 Å². The molecule has 476 valence electrons. The number of benzene rings is 5. The van der Waals surface area contributed by atoms with E-state index in [1.165, 1.54) is 32.7 Å². The van der Waals surface area contributed by atoms with E-state index < -0.39 is 60.5 Å². The van der Waals surface area contributed by atoms with Gasteiger partial charge >= 0.3 is 290 Å². The van der Waals surface area contributed by atoms with Crippen LogP contribution >= 0.6 is 65.9 Å². The van der Waals surface area contributed by atoms with Crippen LogP contribution in [0.4, 0.5) is 28.9 Å². The van der Waals surface area contributed by atoms with Crippen molar-refractivity contribution >= 4 is 175 Å². The Labute approximate surface area is 568 Å². The molecule has 91 heavy (non-hydrogen) atoms. The maximum absolute atomic E-state index is 13.7. The van der Waals surface area contributed by atoms with E-state index in [1.54, 1.807) is 52.2 Å². The van der Waals surface area contributed by atoms with E-state index >= 15 is 0 Å². The number of carbonyl (C=O) groups is 2. The summed E-state index contributed by atoms with van der Waals surface area (Å²) < 4.78 is 97.8. The van der Waals surface area contributed by atoms with Crippen LogP contribution in [0.5, 0.6) is 0 Å². The van der Waals surface area contributed by atoms with Gasteiger partial charge in [-0.15, -0.1) is 22.7 Å². The molecule has 0 saturated carbocycles. The van der Waals surface area contributed by atoms with Crippen LogP contribution in [0.3, 0.4) is 0 Å². The number of para-hydroxylation sites is 2. The van der Waals surface area contributed by atoms with Gasteiger partial charge in [0.05, 0.1) is 65.1 Å². The Balaban J connectivity index is 0.000000138. The van der Waals surface area contributed by atoms with Gasteiger partial charge in [0.1, 0.15) is 0 Å². The van der Waals surface area contributed by atoms with Crippen molar-refractivity contribution in [3.05, 3.63) is 170 Å². The van der Waals surface area contributed by atoms with E-state index in [0.29, 0.717) is 8.87 Å². The minimum atomic E-state index is -0.789. The van der Waals surface area contributed by atoms with E-state index in [1.807, 2.05) is 91.0 Å². The summed E-state index contributed by atoms with van der Waals surface area (Å²) in [5.41, 5.74) is 11.4. The molecule has 0 aliphatic carbocycles. The van der Waals surface area contributed by atoms with Gasteiger partial charge in [0.25, 0.3) is 0 Å². The van der Waals surface area contributed by atoms with E-state index in [-0.39, 0.29) is 69.7 Å². The van der Waals surface area contributed by atoms with Crippen LogP contribution in [0, 0.1) is 44.0 Å². The first-order valence-corrected chi connectivity index (χ1v) is 36.3. The van der Waals surface area contributed by atoms with Gasteiger partial charge in [-0.1, -0.05) is 15.9 Å². The second kappa shape index (κ2) is 28.0. The summed E-state index contributed by atoms with van der Waals surface area (Å²) in [6.45, 7) is 30.7.